The van der Waals surface area contributed by atoms with Gasteiger partial charge in [-0.3, -0.25) is 9.59 Å². The number of hydrogen-bond donors (Lipinski definition) is 3. The van der Waals surface area contributed by atoms with Crippen molar-refractivity contribution in [3.05, 3.63) is 65.7 Å². The summed E-state index contributed by atoms with van der Waals surface area (Å²) in [5.41, 5.74) is 3.38. The van der Waals surface area contributed by atoms with Crippen LogP contribution in [-0.2, 0) is 16.0 Å². The molecule has 0 aliphatic carbocycles. The number of benzene rings is 2. The van der Waals surface area contributed by atoms with Crippen molar-refractivity contribution in [1.82, 2.24) is 10.6 Å². The van der Waals surface area contributed by atoms with Gasteiger partial charge in [-0.05, 0) is 23.6 Å². The molecule has 3 atom stereocenters. The van der Waals surface area contributed by atoms with E-state index in [1.165, 1.54) is 5.56 Å². The van der Waals surface area contributed by atoms with Crippen molar-refractivity contribution in [3.8, 4) is 0 Å². The lowest BCUT2D eigenvalue weighted by molar-refractivity contribution is -0.137. The lowest BCUT2D eigenvalue weighted by atomic mass is 9.91. The summed E-state index contributed by atoms with van der Waals surface area (Å²) < 4.78 is 0. The summed E-state index contributed by atoms with van der Waals surface area (Å²) in [7, 11) is 0. The molecule has 3 N–H and O–H groups in total. The van der Waals surface area contributed by atoms with Crippen LogP contribution in [0.5, 0.6) is 0 Å². The van der Waals surface area contributed by atoms with E-state index in [1.807, 2.05) is 48.5 Å². The molecule has 2 heterocycles. The Balaban J connectivity index is 1.41. The highest BCUT2D eigenvalue weighted by molar-refractivity contribution is 5.97. The third-order valence-corrected chi connectivity index (χ3v) is 5.01. The van der Waals surface area contributed by atoms with E-state index in [9.17, 15) is 9.59 Å². The summed E-state index contributed by atoms with van der Waals surface area (Å²) in [6.45, 7) is 0.798. The minimum absolute atomic E-state index is 0.0927. The Morgan fingerprint density at radius 2 is 1.52 bits per heavy atom. The number of hydrogen-bond acceptors (Lipinski definition) is 3. The molecule has 0 saturated carbocycles. The Hall–Kier alpha value is -2.82. The van der Waals surface area contributed by atoms with Gasteiger partial charge in [0.1, 0.15) is 12.1 Å². The van der Waals surface area contributed by atoms with Crippen LogP contribution in [-0.4, -0.2) is 30.4 Å². The summed E-state index contributed by atoms with van der Waals surface area (Å²) in [4.78, 5) is 24.9. The van der Waals surface area contributed by atoms with Gasteiger partial charge in [0.15, 0.2) is 0 Å². The number of piperazine rings is 1. The molecule has 5 heteroatoms. The fourth-order valence-corrected chi connectivity index (χ4v) is 3.69. The van der Waals surface area contributed by atoms with Crippen LogP contribution in [0.2, 0.25) is 0 Å². The smallest absolute Gasteiger partial charge is 0.243 e. The van der Waals surface area contributed by atoms with Crippen molar-refractivity contribution in [2.24, 2.45) is 0 Å². The van der Waals surface area contributed by atoms with E-state index in [-0.39, 0.29) is 17.7 Å². The Morgan fingerprint density at radius 1 is 0.840 bits per heavy atom. The van der Waals surface area contributed by atoms with Gasteiger partial charge in [-0.2, -0.15) is 0 Å². The molecule has 128 valence electrons. The maximum Gasteiger partial charge on any atom is 0.243 e. The van der Waals surface area contributed by atoms with E-state index in [0.717, 1.165) is 17.8 Å². The molecular formula is C20H21N3O2. The predicted octanol–water partition coefficient (Wildman–Crippen LogP) is 1.81. The van der Waals surface area contributed by atoms with Gasteiger partial charge in [0.05, 0.1) is 0 Å². The van der Waals surface area contributed by atoms with Gasteiger partial charge in [0, 0.05) is 24.6 Å². The maximum absolute atomic E-state index is 12.5. The number of amides is 2. The fraction of sp³-hybridized carbons (Fsp3) is 0.300. The molecule has 1 saturated heterocycles. The standard InChI is InChI=1S/C20H21N3O2/c24-19-17(10-13-6-2-1-3-7-13)22-20(25)18(23-19)11-14-12-21-16-9-5-4-8-15(14)16/h1-9,14,17-18,21H,10-12H2,(H,22,25)(H,23,24)/t14?,17-,18-/m0/s1. The molecule has 25 heavy (non-hydrogen) atoms. The molecule has 2 aromatic rings. The third kappa shape index (κ3) is 3.22. The van der Waals surface area contributed by atoms with Crippen LogP contribution < -0.4 is 16.0 Å². The molecule has 5 nitrogen and oxygen atoms in total. The molecule has 0 bridgehead atoms. The number of fused-ring (bicyclic) bond motifs is 1. The Kier molecular flexibility index (Phi) is 4.14. The minimum atomic E-state index is -0.500. The normalized spacial score (nSPS) is 24.9. The number of rotatable bonds is 4. The zero-order valence-electron chi connectivity index (χ0n) is 13.9. The van der Waals surface area contributed by atoms with E-state index in [2.05, 4.69) is 22.0 Å². The summed E-state index contributed by atoms with van der Waals surface area (Å²) in [6, 6.07) is 16.9. The first kappa shape index (κ1) is 15.7. The lowest BCUT2D eigenvalue weighted by Crippen LogP contribution is -2.62. The van der Waals surface area contributed by atoms with Crippen LogP contribution in [0.15, 0.2) is 54.6 Å². The van der Waals surface area contributed by atoms with Gasteiger partial charge in [-0.1, -0.05) is 48.5 Å². The highest BCUT2D eigenvalue weighted by Gasteiger charge is 2.36. The largest absolute Gasteiger partial charge is 0.384 e. The quantitative estimate of drug-likeness (QED) is 0.798. The topological polar surface area (TPSA) is 70.2 Å². The van der Waals surface area contributed by atoms with Crippen LogP contribution in [0.4, 0.5) is 5.69 Å². The van der Waals surface area contributed by atoms with Gasteiger partial charge < -0.3 is 16.0 Å². The molecule has 4 rings (SSSR count). The molecule has 0 spiro atoms. The zero-order chi connectivity index (χ0) is 17.2. The second-order valence-corrected chi connectivity index (χ2v) is 6.71. The Bertz CT molecular complexity index is 791. The van der Waals surface area contributed by atoms with E-state index in [1.54, 1.807) is 0 Å². The second-order valence-electron chi connectivity index (χ2n) is 6.71. The van der Waals surface area contributed by atoms with Crippen molar-refractivity contribution in [2.45, 2.75) is 30.8 Å². The van der Waals surface area contributed by atoms with E-state index in [4.69, 9.17) is 0 Å². The first-order valence-corrected chi connectivity index (χ1v) is 8.68. The highest BCUT2D eigenvalue weighted by Crippen LogP contribution is 2.34. The SMILES string of the molecule is O=C1N[C@@H](CC2CNc3ccccc32)C(=O)N[C@H]1Cc1ccccc1. The second kappa shape index (κ2) is 6.59. The Labute approximate surface area is 146 Å². The summed E-state index contributed by atoms with van der Waals surface area (Å²) in [5.74, 6) is 0.0375. The summed E-state index contributed by atoms with van der Waals surface area (Å²) in [5, 5.41) is 9.17. The van der Waals surface area contributed by atoms with Gasteiger partial charge in [-0.25, -0.2) is 0 Å². The summed E-state index contributed by atoms with van der Waals surface area (Å²) in [6.07, 6.45) is 1.12. The van der Waals surface area contributed by atoms with Crippen molar-refractivity contribution < 1.29 is 9.59 Å². The monoisotopic (exact) mass is 335 g/mol. The average Bonchev–Trinajstić information content (AvgIpc) is 3.03. The average molecular weight is 335 g/mol. The predicted molar refractivity (Wildman–Crippen MR) is 96.3 cm³/mol. The molecular weight excluding hydrogens is 314 g/mol. The number of para-hydroxylation sites is 1. The molecule has 1 unspecified atom stereocenters. The molecule has 2 aromatic carbocycles. The van der Waals surface area contributed by atoms with Crippen LogP contribution in [0.25, 0.3) is 0 Å². The number of anilines is 1. The first-order chi connectivity index (χ1) is 12.2. The highest BCUT2D eigenvalue weighted by atomic mass is 16.2. The van der Waals surface area contributed by atoms with E-state index in [0.29, 0.717) is 12.8 Å². The zero-order valence-corrected chi connectivity index (χ0v) is 13.9. The van der Waals surface area contributed by atoms with Crippen molar-refractivity contribution >= 4 is 17.5 Å². The van der Waals surface area contributed by atoms with Gasteiger partial charge >= 0.3 is 0 Å². The summed E-state index contributed by atoms with van der Waals surface area (Å²) >= 11 is 0. The number of nitrogens with one attached hydrogen (secondary N) is 3. The van der Waals surface area contributed by atoms with Gasteiger partial charge in [0.2, 0.25) is 11.8 Å². The fourth-order valence-electron chi connectivity index (χ4n) is 3.69. The third-order valence-electron chi connectivity index (χ3n) is 5.01. The van der Waals surface area contributed by atoms with Crippen molar-refractivity contribution in [1.29, 1.82) is 0 Å². The van der Waals surface area contributed by atoms with Crippen LogP contribution >= 0.6 is 0 Å². The van der Waals surface area contributed by atoms with Crippen LogP contribution in [0, 0.1) is 0 Å². The van der Waals surface area contributed by atoms with Crippen LogP contribution in [0.3, 0.4) is 0 Å². The number of carbonyl (C=O) groups is 2. The molecule has 0 radical (unpaired) electrons. The van der Waals surface area contributed by atoms with E-state index >= 15 is 0 Å². The van der Waals surface area contributed by atoms with Crippen molar-refractivity contribution in [2.75, 3.05) is 11.9 Å². The molecule has 1 fully saturated rings. The van der Waals surface area contributed by atoms with E-state index < -0.39 is 12.1 Å². The maximum atomic E-state index is 12.5. The molecule has 2 aliphatic rings. The lowest BCUT2D eigenvalue weighted by Gasteiger charge is -2.31. The molecule has 2 amide bonds. The Morgan fingerprint density at radius 3 is 2.36 bits per heavy atom. The van der Waals surface area contributed by atoms with Gasteiger partial charge in [0.25, 0.3) is 0 Å². The molecule has 0 aromatic heterocycles. The number of carbonyl (C=O) groups excluding carboxylic acids is 2. The van der Waals surface area contributed by atoms with Crippen molar-refractivity contribution in [3.63, 3.8) is 0 Å². The van der Waals surface area contributed by atoms with Crippen LogP contribution in [0.1, 0.15) is 23.5 Å². The first-order valence-electron chi connectivity index (χ1n) is 8.68. The minimum Gasteiger partial charge on any atom is -0.384 e. The molecule has 2 aliphatic heterocycles. The van der Waals surface area contributed by atoms with Gasteiger partial charge in [-0.15, -0.1) is 0 Å².